The van der Waals surface area contributed by atoms with Gasteiger partial charge in [-0.05, 0) is 47.0 Å². The van der Waals surface area contributed by atoms with E-state index in [4.69, 9.17) is 17.3 Å². The Morgan fingerprint density at radius 1 is 1.05 bits per heavy atom. The number of halogens is 1. The second-order valence-electron chi connectivity index (χ2n) is 4.96. The SMILES string of the molecule is Cn1c(N)cc(-c2ccncc2)c(-c2ccc(Cl)cc2)c1=O. The summed E-state index contributed by atoms with van der Waals surface area (Å²) in [7, 11) is 1.66. The molecule has 3 aromatic rings. The molecule has 5 heteroatoms. The van der Waals surface area contributed by atoms with Crippen LogP contribution in [-0.4, -0.2) is 9.55 Å². The number of benzene rings is 1. The number of nitrogen functional groups attached to an aromatic ring is 1. The Kier molecular flexibility index (Phi) is 3.69. The first-order valence-corrected chi connectivity index (χ1v) is 7.11. The first-order valence-electron chi connectivity index (χ1n) is 6.74. The maximum atomic E-state index is 12.7. The van der Waals surface area contributed by atoms with Crippen molar-refractivity contribution < 1.29 is 0 Å². The topological polar surface area (TPSA) is 60.9 Å². The molecule has 0 amide bonds. The van der Waals surface area contributed by atoms with Gasteiger partial charge in [0, 0.05) is 24.5 Å². The summed E-state index contributed by atoms with van der Waals surface area (Å²) in [6.45, 7) is 0. The van der Waals surface area contributed by atoms with E-state index in [1.807, 2.05) is 24.3 Å². The summed E-state index contributed by atoms with van der Waals surface area (Å²) in [5.74, 6) is 0.412. The summed E-state index contributed by atoms with van der Waals surface area (Å²) < 4.78 is 1.44. The van der Waals surface area contributed by atoms with Gasteiger partial charge in [0.25, 0.3) is 5.56 Å². The lowest BCUT2D eigenvalue weighted by Crippen LogP contribution is -2.22. The highest BCUT2D eigenvalue weighted by atomic mass is 35.5. The Hall–Kier alpha value is -2.59. The van der Waals surface area contributed by atoms with Crippen LogP contribution in [0.15, 0.2) is 59.7 Å². The summed E-state index contributed by atoms with van der Waals surface area (Å²) in [6.07, 6.45) is 3.38. The molecule has 0 saturated heterocycles. The molecule has 0 radical (unpaired) electrons. The van der Waals surface area contributed by atoms with E-state index in [9.17, 15) is 4.79 Å². The highest BCUT2D eigenvalue weighted by molar-refractivity contribution is 6.30. The molecule has 0 atom stereocenters. The molecule has 0 bridgehead atoms. The summed E-state index contributed by atoms with van der Waals surface area (Å²) in [5.41, 5.74) is 8.89. The average molecular weight is 312 g/mol. The molecule has 0 unspecified atom stereocenters. The Bertz CT molecular complexity index is 871. The molecule has 2 heterocycles. The highest BCUT2D eigenvalue weighted by Gasteiger charge is 2.15. The molecule has 4 nitrogen and oxygen atoms in total. The average Bonchev–Trinajstić information content (AvgIpc) is 2.54. The largest absolute Gasteiger partial charge is 0.385 e. The maximum Gasteiger partial charge on any atom is 0.260 e. The Morgan fingerprint density at radius 2 is 1.68 bits per heavy atom. The van der Waals surface area contributed by atoms with E-state index in [1.165, 1.54) is 4.57 Å². The molecule has 0 aliphatic carbocycles. The molecule has 3 rings (SSSR count). The number of nitrogens with zero attached hydrogens (tertiary/aromatic N) is 2. The first-order chi connectivity index (χ1) is 10.6. The smallest absolute Gasteiger partial charge is 0.260 e. The molecule has 2 N–H and O–H groups in total. The van der Waals surface area contributed by atoms with E-state index in [1.54, 1.807) is 37.6 Å². The molecule has 0 fully saturated rings. The van der Waals surface area contributed by atoms with Crippen molar-refractivity contribution in [3.05, 3.63) is 70.2 Å². The van der Waals surface area contributed by atoms with Crippen molar-refractivity contribution >= 4 is 17.4 Å². The predicted molar refractivity (Wildman–Crippen MR) is 89.8 cm³/mol. The van der Waals surface area contributed by atoms with Crippen LogP contribution in [0.25, 0.3) is 22.3 Å². The zero-order valence-electron chi connectivity index (χ0n) is 12.0. The normalized spacial score (nSPS) is 10.6. The van der Waals surface area contributed by atoms with Gasteiger partial charge in [-0.15, -0.1) is 0 Å². The summed E-state index contributed by atoms with van der Waals surface area (Å²) >= 11 is 5.94. The van der Waals surface area contributed by atoms with Crippen molar-refractivity contribution in [1.29, 1.82) is 0 Å². The van der Waals surface area contributed by atoms with E-state index in [0.29, 0.717) is 16.4 Å². The van der Waals surface area contributed by atoms with Crippen LogP contribution in [0.5, 0.6) is 0 Å². The van der Waals surface area contributed by atoms with Crippen molar-refractivity contribution in [2.75, 3.05) is 5.73 Å². The summed E-state index contributed by atoms with van der Waals surface area (Å²) in [5, 5.41) is 0.626. The third-order valence-electron chi connectivity index (χ3n) is 3.59. The molecule has 0 saturated carbocycles. The quantitative estimate of drug-likeness (QED) is 0.789. The van der Waals surface area contributed by atoms with Crippen molar-refractivity contribution in [3.8, 4) is 22.3 Å². The van der Waals surface area contributed by atoms with Gasteiger partial charge in [0.05, 0.1) is 5.56 Å². The Balaban J connectivity index is 2.34. The molecule has 0 aliphatic heterocycles. The van der Waals surface area contributed by atoms with Crippen LogP contribution in [0.3, 0.4) is 0 Å². The predicted octanol–water partition coefficient (Wildman–Crippen LogP) is 3.35. The fourth-order valence-electron chi connectivity index (χ4n) is 2.37. The second-order valence-corrected chi connectivity index (χ2v) is 5.40. The highest BCUT2D eigenvalue weighted by Crippen LogP contribution is 2.31. The number of pyridine rings is 2. The maximum absolute atomic E-state index is 12.7. The van der Waals surface area contributed by atoms with Crippen LogP contribution in [0.4, 0.5) is 5.82 Å². The van der Waals surface area contributed by atoms with E-state index in [0.717, 1.165) is 16.7 Å². The van der Waals surface area contributed by atoms with Gasteiger partial charge in [-0.1, -0.05) is 23.7 Å². The number of hydrogen-bond acceptors (Lipinski definition) is 3. The summed E-state index contributed by atoms with van der Waals surface area (Å²) in [6, 6.07) is 12.7. The minimum absolute atomic E-state index is 0.144. The van der Waals surface area contributed by atoms with Crippen molar-refractivity contribution in [2.24, 2.45) is 7.05 Å². The zero-order chi connectivity index (χ0) is 15.7. The van der Waals surface area contributed by atoms with E-state index < -0.39 is 0 Å². The van der Waals surface area contributed by atoms with E-state index in [-0.39, 0.29) is 5.56 Å². The molecule has 0 spiro atoms. The van der Waals surface area contributed by atoms with Gasteiger partial charge in [0.1, 0.15) is 5.82 Å². The van der Waals surface area contributed by atoms with E-state index >= 15 is 0 Å². The van der Waals surface area contributed by atoms with Gasteiger partial charge in [-0.3, -0.25) is 14.3 Å². The van der Waals surface area contributed by atoms with Gasteiger partial charge in [-0.25, -0.2) is 0 Å². The number of rotatable bonds is 2. The molecule has 22 heavy (non-hydrogen) atoms. The van der Waals surface area contributed by atoms with Crippen molar-refractivity contribution in [3.63, 3.8) is 0 Å². The lowest BCUT2D eigenvalue weighted by atomic mass is 9.96. The van der Waals surface area contributed by atoms with Crippen molar-refractivity contribution in [2.45, 2.75) is 0 Å². The van der Waals surface area contributed by atoms with Crippen LogP contribution < -0.4 is 11.3 Å². The van der Waals surface area contributed by atoms with Crippen LogP contribution in [0, 0.1) is 0 Å². The number of nitrogens with two attached hydrogens (primary N) is 1. The zero-order valence-corrected chi connectivity index (χ0v) is 12.7. The van der Waals surface area contributed by atoms with Gasteiger partial charge >= 0.3 is 0 Å². The minimum atomic E-state index is -0.144. The molecular weight excluding hydrogens is 298 g/mol. The molecular formula is C17H14ClN3O. The van der Waals surface area contributed by atoms with Crippen LogP contribution in [-0.2, 0) is 7.05 Å². The van der Waals surface area contributed by atoms with Crippen LogP contribution >= 0.6 is 11.6 Å². The molecule has 0 aliphatic rings. The first kappa shape index (κ1) is 14.4. The fraction of sp³-hybridized carbons (Fsp3) is 0.0588. The van der Waals surface area contributed by atoms with Gasteiger partial charge in [-0.2, -0.15) is 0 Å². The van der Waals surface area contributed by atoms with Gasteiger partial charge in [0.15, 0.2) is 0 Å². The Labute approximate surface area is 132 Å². The second kappa shape index (κ2) is 5.66. The third-order valence-corrected chi connectivity index (χ3v) is 3.84. The van der Waals surface area contributed by atoms with Crippen molar-refractivity contribution in [1.82, 2.24) is 9.55 Å². The molecule has 2 aromatic heterocycles. The fourth-order valence-corrected chi connectivity index (χ4v) is 2.50. The molecule has 1 aromatic carbocycles. The Morgan fingerprint density at radius 3 is 2.32 bits per heavy atom. The third kappa shape index (κ3) is 2.49. The lowest BCUT2D eigenvalue weighted by Gasteiger charge is -2.13. The molecule has 110 valence electrons. The number of anilines is 1. The summed E-state index contributed by atoms with van der Waals surface area (Å²) in [4.78, 5) is 16.7. The standard InChI is InChI=1S/C17H14ClN3O/c1-21-15(19)10-14(11-6-8-20-9-7-11)16(17(21)22)12-2-4-13(18)5-3-12/h2-10H,19H2,1H3. The number of hydrogen-bond donors (Lipinski definition) is 1. The van der Waals surface area contributed by atoms with E-state index in [2.05, 4.69) is 4.98 Å². The minimum Gasteiger partial charge on any atom is -0.385 e. The van der Waals surface area contributed by atoms with Crippen LogP contribution in [0.2, 0.25) is 5.02 Å². The monoisotopic (exact) mass is 311 g/mol. The van der Waals surface area contributed by atoms with Crippen LogP contribution in [0.1, 0.15) is 0 Å². The lowest BCUT2D eigenvalue weighted by molar-refractivity contribution is 0.878. The van der Waals surface area contributed by atoms with Gasteiger partial charge in [0.2, 0.25) is 0 Å². The van der Waals surface area contributed by atoms with Gasteiger partial charge < -0.3 is 5.73 Å². The number of aromatic nitrogens is 2.